The summed E-state index contributed by atoms with van der Waals surface area (Å²) in [5, 5.41) is 15.3. The number of amides is 2. The molecule has 0 saturated heterocycles. The van der Waals surface area contributed by atoms with Gasteiger partial charge in [-0.1, -0.05) is 25.5 Å². The van der Waals surface area contributed by atoms with E-state index in [9.17, 15) is 9.90 Å². The van der Waals surface area contributed by atoms with Crippen molar-refractivity contribution in [2.24, 2.45) is 0 Å². The van der Waals surface area contributed by atoms with Crippen molar-refractivity contribution in [3.8, 4) is 5.75 Å². The molecule has 1 aromatic rings. The Hall–Kier alpha value is -1.75. The number of hydrogen-bond donors (Lipinski definition) is 3. The fraction of sp³-hybridized carbons (Fsp3) is 0.500. The van der Waals surface area contributed by atoms with Crippen LogP contribution in [0, 0.1) is 0 Å². The van der Waals surface area contributed by atoms with Gasteiger partial charge in [-0.25, -0.2) is 4.79 Å². The van der Waals surface area contributed by atoms with Crippen LogP contribution in [0.2, 0.25) is 0 Å². The smallest absolute Gasteiger partial charge is 0.314 e. The van der Waals surface area contributed by atoms with Gasteiger partial charge >= 0.3 is 6.03 Å². The maximum absolute atomic E-state index is 11.4. The summed E-state index contributed by atoms with van der Waals surface area (Å²) in [5.74, 6) is 0.737. The first kappa shape index (κ1) is 15.3. The molecule has 2 amide bonds. The summed E-state index contributed by atoms with van der Waals surface area (Å²) in [6.45, 7) is 2.90. The molecule has 0 aromatic heterocycles. The third-order valence-electron chi connectivity index (χ3n) is 2.77. The first-order valence-electron chi connectivity index (χ1n) is 6.51. The third-order valence-corrected chi connectivity index (χ3v) is 2.77. The summed E-state index contributed by atoms with van der Waals surface area (Å²) in [6.07, 6.45) is 1.27. The second-order valence-corrected chi connectivity index (χ2v) is 4.28. The van der Waals surface area contributed by atoms with Crippen LogP contribution >= 0.6 is 0 Å². The monoisotopic (exact) mass is 266 g/mol. The molecular weight excluding hydrogens is 244 g/mol. The van der Waals surface area contributed by atoms with E-state index in [1.165, 1.54) is 0 Å². The highest BCUT2D eigenvalue weighted by molar-refractivity contribution is 5.73. The van der Waals surface area contributed by atoms with E-state index >= 15 is 0 Å². The molecule has 1 aromatic carbocycles. The number of aliphatic hydroxyl groups is 1. The average molecular weight is 266 g/mol. The van der Waals surface area contributed by atoms with Crippen molar-refractivity contribution in [2.45, 2.75) is 25.9 Å². The number of hydrogen-bond acceptors (Lipinski definition) is 3. The van der Waals surface area contributed by atoms with Crippen LogP contribution in [0.5, 0.6) is 5.75 Å². The van der Waals surface area contributed by atoms with E-state index in [0.717, 1.165) is 24.2 Å². The third kappa shape index (κ3) is 5.61. The van der Waals surface area contributed by atoms with E-state index in [4.69, 9.17) is 4.74 Å². The van der Waals surface area contributed by atoms with Crippen molar-refractivity contribution in [3.05, 3.63) is 29.8 Å². The molecule has 106 valence electrons. The van der Waals surface area contributed by atoms with Crippen molar-refractivity contribution in [2.75, 3.05) is 20.2 Å². The standard InChI is InChI=1S/C14H22N2O3/c1-3-4-9-15-14(18)16-10-13(17)11-5-7-12(19-2)8-6-11/h5-8,13,17H,3-4,9-10H2,1-2H3,(H2,15,16,18). The van der Waals surface area contributed by atoms with Gasteiger partial charge in [0.15, 0.2) is 0 Å². The Kier molecular flexibility index (Phi) is 6.74. The van der Waals surface area contributed by atoms with Gasteiger partial charge in [0.05, 0.1) is 13.2 Å². The molecule has 0 bridgehead atoms. The number of unbranched alkanes of at least 4 members (excludes halogenated alkanes) is 1. The van der Waals surface area contributed by atoms with Crippen molar-refractivity contribution in [1.82, 2.24) is 10.6 Å². The van der Waals surface area contributed by atoms with E-state index in [1.807, 2.05) is 0 Å². The minimum absolute atomic E-state index is 0.185. The number of carbonyl (C=O) groups excluding carboxylic acids is 1. The van der Waals surface area contributed by atoms with E-state index in [-0.39, 0.29) is 12.6 Å². The zero-order valence-corrected chi connectivity index (χ0v) is 11.5. The van der Waals surface area contributed by atoms with Crippen LogP contribution in [0.4, 0.5) is 4.79 Å². The number of ether oxygens (including phenoxy) is 1. The van der Waals surface area contributed by atoms with E-state index < -0.39 is 6.10 Å². The number of aliphatic hydroxyl groups excluding tert-OH is 1. The van der Waals surface area contributed by atoms with Gasteiger partial charge in [-0.3, -0.25) is 0 Å². The largest absolute Gasteiger partial charge is 0.497 e. The van der Waals surface area contributed by atoms with Crippen molar-refractivity contribution >= 4 is 6.03 Å². The SMILES string of the molecule is CCCCNC(=O)NCC(O)c1ccc(OC)cc1. The minimum Gasteiger partial charge on any atom is -0.497 e. The van der Waals surface area contributed by atoms with Gasteiger partial charge < -0.3 is 20.5 Å². The quantitative estimate of drug-likeness (QED) is 0.659. The number of urea groups is 1. The molecule has 1 rings (SSSR count). The van der Waals surface area contributed by atoms with Crippen LogP contribution in [0.3, 0.4) is 0 Å². The summed E-state index contributed by atoms with van der Waals surface area (Å²) in [7, 11) is 1.59. The maximum atomic E-state index is 11.4. The first-order valence-corrected chi connectivity index (χ1v) is 6.51. The highest BCUT2D eigenvalue weighted by Crippen LogP contribution is 2.16. The number of benzene rings is 1. The molecule has 1 atom stereocenters. The molecule has 0 fully saturated rings. The molecule has 3 N–H and O–H groups in total. The lowest BCUT2D eigenvalue weighted by atomic mass is 10.1. The number of carbonyl (C=O) groups is 1. The fourth-order valence-corrected chi connectivity index (χ4v) is 1.57. The molecule has 19 heavy (non-hydrogen) atoms. The Morgan fingerprint density at radius 3 is 2.58 bits per heavy atom. The maximum Gasteiger partial charge on any atom is 0.314 e. The average Bonchev–Trinajstić information content (AvgIpc) is 2.45. The lowest BCUT2D eigenvalue weighted by molar-refractivity contribution is 0.173. The predicted octanol–water partition coefficient (Wildman–Crippen LogP) is 1.83. The highest BCUT2D eigenvalue weighted by Gasteiger charge is 2.09. The van der Waals surface area contributed by atoms with Crippen LogP contribution in [0.15, 0.2) is 24.3 Å². The van der Waals surface area contributed by atoms with E-state index in [1.54, 1.807) is 31.4 Å². The molecular formula is C14H22N2O3. The normalized spacial score (nSPS) is 11.7. The van der Waals surface area contributed by atoms with Gasteiger partial charge in [0.2, 0.25) is 0 Å². The topological polar surface area (TPSA) is 70.6 Å². The van der Waals surface area contributed by atoms with Crippen molar-refractivity contribution in [1.29, 1.82) is 0 Å². The summed E-state index contributed by atoms with van der Waals surface area (Å²) in [4.78, 5) is 11.4. The van der Waals surface area contributed by atoms with E-state index in [2.05, 4.69) is 17.6 Å². The Labute approximate surface area is 114 Å². The van der Waals surface area contributed by atoms with Crippen molar-refractivity contribution in [3.63, 3.8) is 0 Å². The molecule has 0 saturated carbocycles. The Morgan fingerprint density at radius 2 is 2.00 bits per heavy atom. The summed E-state index contributed by atoms with van der Waals surface area (Å²) in [6, 6.07) is 6.86. The zero-order valence-electron chi connectivity index (χ0n) is 11.5. The lowest BCUT2D eigenvalue weighted by Gasteiger charge is -2.13. The molecule has 0 aliphatic carbocycles. The fourth-order valence-electron chi connectivity index (χ4n) is 1.57. The number of nitrogens with one attached hydrogen (secondary N) is 2. The highest BCUT2D eigenvalue weighted by atomic mass is 16.5. The van der Waals surface area contributed by atoms with Gasteiger partial charge in [0, 0.05) is 13.1 Å². The van der Waals surface area contributed by atoms with Gasteiger partial charge in [0.1, 0.15) is 5.75 Å². The molecule has 0 spiro atoms. The minimum atomic E-state index is -0.720. The Morgan fingerprint density at radius 1 is 1.32 bits per heavy atom. The lowest BCUT2D eigenvalue weighted by Crippen LogP contribution is -2.38. The van der Waals surface area contributed by atoms with E-state index in [0.29, 0.717) is 6.54 Å². The predicted molar refractivity (Wildman–Crippen MR) is 74.3 cm³/mol. The molecule has 0 aliphatic heterocycles. The second-order valence-electron chi connectivity index (χ2n) is 4.28. The van der Waals surface area contributed by atoms with Gasteiger partial charge in [-0.2, -0.15) is 0 Å². The molecule has 5 nitrogen and oxygen atoms in total. The molecule has 0 heterocycles. The van der Waals surface area contributed by atoms with Gasteiger partial charge in [-0.05, 0) is 24.1 Å². The molecule has 1 unspecified atom stereocenters. The molecule has 0 radical (unpaired) electrons. The van der Waals surface area contributed by atoms with Crippen LogP contribution in [-0.2, 0) is 0 Å². The van der Waals surface area contributed by atoms with Crippen LogP contribution in [0.1, 0.15) is 31.4 Å². The van der Waals surface area contributed by atoms with Crippen LogP contribution in [-0.4, -0.2) is 31.3 Å². The number of methoxy groups -OCH3 is 1. The Bertz CT molecular complexity index is 379. The van der Waals surface area contributed by atoms with Gasteiger partial charge in [0.25, 0.3) is 0 Å². The van der Waals surface area contributed by atoms with Crippen LogP contribution < -0.4 is 15.4 Å². The van der Waals surface area contributed by atoms with Crippen LogP contribution in [0.25, 0.3) is 0 Å². The molecule has 0 aliphatic rings. The molecule has 5 heteroatoms. The second kappa shape index (κ2) is 8.37. The first-order chi connectivity index (χ1) is 9.17. The summed E-state index contributed by atoms with van der Waals surface area (Å²) in [5.41, 5.74) is 0.745. The van der Waals surface area contributed by atoms with Gasteiger partial charge in [-0.15, -0.1) is 0 Å². The van der Waals surface area contributed by atoms with Crippen molar-refractivity contribution < 1.29 is 14.6 Å². The zero-order chi connectivity index (χ0) is 14.1. The Balaban J connectivity index is 2.33. The summed E-state index contributed by atoms with van der Waals surface area (Å²) >= 11 is 0. The summed E-state index contributed by atoms with van der Waals surface area (Å²) < 4.78 is 5.04. The number of rotatable bonds is 7.